The molecule has 1 unspecified atom stereocenters. The molecule has 31 heavy (non-hydrogen) atoms. The van der Waals surface area contributed by atoms with Crippen LogP contribution in [0.1, 0.15) is 12.0 Å². The summed E-state index contributed by atoms with van der Waals surface area (Å²) in [5.74, 6) is 0.694. The van der Waals surface area contributed by atoms with Crippen LogP contribution < -0.4 is 15.0 Å². The van der Waals surface area contributed by atoms with E-state index in [1.807, 2.05) is 60.7 Å². The topological polar surface area (TPSA) is 54.5 Å². The van der Waals surface area contributed by atoms with Crippen LogP contribution in [0, 0.1) is 0 Å². The summed E-state index contributed by atoms with van der Waals surface area (Å²) in [7, 11) is 0. The van der Waals surface area contributed by atoms with Crippen LogP contribution in [-0.4, -0.2) is 23.5 Å². The maximum atomic E-state index is 12.9. The Morgan fingerprint density at radius 3 is 2.77 bits per heavy atom. The number of aromatic nitrogens is 1. The number of benzene rings is 3. The fourth-order valence-electron chi connectivity index (χ4n) is 3.78. The Hall–Kier alpha value is -3.09. The van der Waals surface area contributed by atoms with E-state index in [1.54, 1.807) is 0 Å². The van der Waals surface area contributed by atoms with E-state index in [1.165, 1.54) is 11.3 Å². The van der Waals surface area contributed by atoms with Gasteiger partial charge in [0.2, 0.25) is 5.91 Å². The number of halogens is 1. The fourth-order valence-corrected chi connectivity index (χ4v) is 4.83. The predicted molar refractivity (Wildman–Crippen MR) is 126 cm³/mol. The molecule has 0 spiro atoms. The van der Waals surface area contributed by atoms with Gasteiger partial charge in [0.05, 0.1) is 28.4 Å². The lowest BCUT2D eigenvalue weighted by Crippen LogP contribution is -2.44. The van der Waals surface area contributed by atoms with Crippen molar-refractivity contribution in [2.45, 2.75) is 19.0 Å². The first kappa shape index (κ1) is 19.8. The van der Waals surface area contributed by atoms with Crippen LogP contribution in [0.15, 0.2) is 72.8 Å². The number of thiazole rings is 1. The number of fused-ring (bicyclic) bond motifs is 2. The number of anilines is 2. The minimum absolute atomic E-state index is 0.0869. The number of hydrogen-bond donors (Lipinski definition) is 1. The lowest BCUT2D eigenvalue weighted by Gasteiger charge is -2.38. The zero-order chi connectivity index (χ0) is 21.2. The van der Waals surface area contributed by atoms with Gasteiger partial charge in [-0.25, -0.2) is 4.98 Å². The van der Waals surface area contributed by atoms with E-state index in [0.29, 0.717) is 23.3 Å². The van der Waals surface area contributed by atoms with Crippen LogP contribution in [-0.2, 0) is 11.3 Å². The monoisotopic (exact) mass is 449 g/mol. The fraction of sp³-hybridized carbons (Fsp3) is 0.167. The molecule has 4 aromatic rings. The highest BCUT2D eigenvalue weighted by Crippen LogP contribution is 2.38. The second-order valence-corrected chi connectivity index (χ2v) is 8.90. The molecule has 1 atom stereocenters. The van der Waals surface area contributed by atoms with Crippen molar-refractivity contribution in [3.8, 4) is 5.75 Å². The summed E-state index contributed by atoms with van der Waals surface area (Å²) in [6.45, 7) is 1.09. The normalized spacial score (nSPS) is 15.4. The smallest absolute Gasteiger partial charge is 0.228 e. The zero-order valence-corrected chi connectivity index (χ0v) is 18.2. The number of carbonyl (C=O) groups excluding carboxylic acids is 1. The van der Waals surface area contributed by atoms with Crippen LogP contribution in [0.5, 0.6) is 5.75 Å². The predicted octanol–water partition coefficient (Wildman–Crippen LogP) is 5.75. The van der Waals surface area contributed by atoms with Crippen molar-refractivity contribution in [2.75, 3.05) is 16.8 Å². The van der Waals surface area contributed by atoms with E-state index in [-0.39, 0.29) is 18.4 Å². The third-order valence-corrected chi connectivity index (χ3v) is 6.45. The van der Waals surface area contributed by atoms with Gasteiger partial charge in [0.15, 0.2) is 5.13 Å². The van der Waals surface area contributed by atoms with Crippen LogP contribution in [0.2, 0.25) is 5.02 Å². The van der Waals surface area contributed by atoms with Gasteiger partial charge in [-0.3, -0.25) is 4.79 Å². The summed E-state index contributed by atoms with van der Waals surface area (Å²) in [6.07, 6.45) is 0.286. The average Bonchev–Trinajstić information content (AvgIpc) is 3.18. The number of para-hydroxylation sites is 1. The van der Waals surface area contributed by atoms with E-state index < -0.39 is 0 Å². The molecule has 0 bridgehead atoms. The molecule has 1 aliphatic rings. The minimum atomic E-state index is -0.124. The van der Waals surface area contributed by atoms with E-state index in [0.717, 1.165) is 27.2 Å². The molecular weight excluding hydrogens is 430 g/mol. The van der Waals surface area contributed by atoms with E-state index in [9.17, 15) is 4.79 Å². The summed E-state index contributed by atoms with van der Waals surface area (Å²) < 4.78 is 7.01. The van der Waals surface area contributed by atoms with Crippen LogP contribution >= 0.6 is 22.9 Å². The van der Waals surface area contributed by atoms with E-state index in [4.69, 9.17) is 16.3 Å². The molecule has 1 aromatic heterocycles. The summed E-state index contributed by atoms with van der Waals surface area (Å²) >= 11 is 7.75. The third kappa shape index (κ3) is 4.36. The zero-order valence-electron chi connectivity index (χ0n) is 16.6. The number of carbonyl (C=O) groups is 1. The van der Waals surface area contributed by atoms with Gasteiger partial charge < -0.3 is 15.0 Å². The van der Waals surface area contributed by atoms with Gasteiger partial charge in [0.1, 0.15) is 12.4 Å². The molecule has 0 saturated heterocycles. The average molecular weight is 450 g/mol. The minimum Gasteiger partial charge on any atom is -0.489 e. The van der Waals surface area contributed by atoms with Crippen molar-refractivity contribution >= 4 is 49.9 Å². The Bertz CT molecular complexity index is 1190. The number of amides is 1. The SMILES string of the molecule is O=C(CC1COc2ccc(Cl)cc2N1Cc1ccccc1)Nc1nc2ccccc2s1. The van der Waals surface area contributed by atoms with E-state index >= 15 is 0 Å². The highest BCUT2D eigenvalue weighted by molar-refractivity contribution is 7.22. The molecule has 5 nitrogen and oxygen atoms in total. The lowest BCUT2D eigenvalue weighted by molar-refractivity contribution is -0.116. The number of hydrogen-bond acceptors (Lipinski definition) is 5. The second kappa shape index (κ2) is 8.57. The summed E-state index contributed by atoms with van der Waals surface area (Å²) in [5, 5.41) is 4.21. The van der Waals surface area contributed by atoms with Crippen LogP contribution in [0.3, 0.4) is 0 Å². The van der Waals surface area contributed by atoms with Crippen molar-refractivity contribution in [1.82, 2.24) is 4.98 Å². The Balaban J connectivity index is 1.37. The molecule has 0 radical (unpaired) electrons. The maximum absolute atomic E-state index is 12.9. The molecule has 0 aliphatic carbocycles. The number of ether oxygens (including phenoxy) is 1. The highest BCUT2D eigenvalue weighted by atomic mass is 35.5. The van der Waals surface area contributed by atoms with Gasteiger partial charge >= 0.3 is 0 Å². The Morgan fingerprint density at radius 2 is 1.94 bits per heavy atom. The Morgan fingerprint density at radius 1 is 1.13 bits per heavy atom. The lowest BCUT2D eigenvalue weighted by atomic mass is 10.1. The van der Waals surface area contributed by atoms with Gasteiger partial charge in [0.25, 0.3) is 0 Å². The molecule has 3 aromatic carbocycles. The first-order valence-electron chi connectivity index (χ1n) is 10.0. The summed E-state index contributed by atoms with van der Waals surface area (Å²) in [6, 6.07) is 23.5. The quantitative estimate of drug-likeness (QED) is 0.421. The summed E-state index contributed by atoms with van der Waals surface area (Å²) in [5.41, 5.74) is 2.95. The van der Waals surface area contributed by atoms with Crippen LogP contribution in [0.4, 0.5) is 10.8 Å². The Labute approximate surface area is 189 Å². The van der Waals surface area contributed by atoms with Crippen molar-refractivity contribution in [2.24, 2.45) is 0 Å². The molecule has 7 heteroatoms. The molecule has 2 heterocycles. The molecule has 156 valence electrons. The molecule has 0 saturated carbocycles. The van der Waals surface area contributed by atoms with Crippen molar-refractivity contribution in [1.29, 1.82) is 0 Å². The standard InChI is InChI=1S/C24H20ClN3O2S/c25-17-10-11-21-20(12-17)28(14-16-6-2-1-3-7-16)18(15-30-21)13-23(29)27-24-26-19-8-4-5-9-22(19)31-24/h1-12,18H,13-15H2,(H,26,27,29). The van der Waals surface area contributed by atoms with Crippen molar-refractivity contribution in [3.05, 3.63) is 83.4 Å². The first-order valence-corrected chi connectivity index (χ1v) is 11.2. The number of rotatable bonds is 5. The van der Waals surface area contributed by atoms with Gasteiger partial charge in [-0.15, -0.1) is 0 Å². The molecule has 1 N–H and O–H groups in total. The Kier molecular flexibility index (Phi) is 5.49. The molecule has 1 aliphatic heterocycles. The molecule has 1 amide bonds. The maximum Gasteiger partial charge on any atom is 0.228 e. The van der Waals surface area contributed by atoms with Gasteiger partial charge in [0, 0.05) is 11.6 Å². The number of nitrogens with zero attached hydrogens (tertiary/aromatic N) is 2. The van der Waals surface area contributed by atoms with Crippen molar-refractivity contribution < 1.29 is 9.53 Å². The third-order valence-electron chi connectivity index (χ3n) is 5.26. The number of nitrogens with one attached hydrogen (secondary N) is 1. The van der Waals surface area contributed by atoms with Gasteiger partial charge in [-0.05, 0) is 35.9 Å². The molecular formula is C24H20ClN3O2S. The van der Waals surface area contributed by atoms with Crippen molar-refractivity contribution in [3.63, 3.8) is 0 Å². The van der Waals surface area contributed by atoms with Crippen LogP contribution in [0.25, 0.3) is 10.2 Å². The molecule has 5 rings (SSSR count). The summed E-state index contributed by atoms with van der Waals surface area (Å²) in [4.78, 5) is 19.6. The first-order chi connectivity index (χ1) is 15.2. The second-order valence-electron chi connectivity index (χ2n) is 7.43. The molecule has 0 fully saturated rings. The van der Waals surface area contributed by atoms with Gasteiger partial charge in [-0.2, -0.15) is 0 Å². The van der Waals surface area contributed by atoms with E-state index in [2.05, 4.69) is 27.3 Å². The van der Waals surface area contributed by atoms with Gasteiger partial charge in [-0.1, -0.05) is 65.4 Å². The largest absolute Gasteiger partial charge is 0.489 e. The highest BCUT2D eigenvalue weighted by Gasteiger charge is 2.30.